The van der Waals surface area contributed by atoms with Gasteiger partial charge in [-0.15, -0.1) is 35.3 Å². The van der Waals surface area contributed by atoms with Crippen molar-refractivity contribution < 1.29 is 9.47 Å². The Kier molecular flexibility index (Phi) is 8.98. The molecule has 0 aliphatic rings. The highest BCUT2D eigenvalue weighted by Crippen LogP contribution is 2.29. The molecule has 1 heterocycles. The summed E-state index contributed by atoms with van der Waals surface area (Å²) in [6.45, 7) is 9.54. The molecular formula is C17H25IN4O2S. The average molecular weight is 476 g/mol. The highest BCUT2D eigenvalue weighted by molar-refractivity contribution is 14.0. The standard InChI is InChI=1S/C17H24N4O2S.HI/c1-5-22-13-7-8-15(23-6-2)14(9-13)21-17(18)19-10-16-20-11(3)12(4)24-16;/h7-9H,5-6,10H2,1-4H3,(H3,18,19,21);1H. The summed E-state index contributed by atoms with van der Waals surface area (Å²) in [6.07, 6.45) is 0. The summed E-state index contributed by atoms with van der Waals surface area (Å²) in [5.74, 6) is 1.78. The van der Waals surface area contributed by atoms with Crippen molar-refractivity contribution in [2.45, 2.75) is 34.2 Å². The van der Waals surface area contributed by atoms with Crippen molar-refractivity contribution in [1.82, 2.24) is 4.98 Å². The summed E-state index contributed by atoms with van der Waals surface area (Å²) in [5.41, 5.74) is 7.78. The van der Waals surface area contributed by atoms with Crippen LogP contribution in [0.5, 0.6) is 11.5 Å². The molecule has 0 unspecified atom stereocenters. The fourth-order valence-electron chi connectivity index (χ4n) is 2.08. The number of ether oxygens (including phenoxy) is 2. The van der Waals surface area contributed by atoms with Crippen LogP contribution in [0.4, 0.5) is 5.69 Å². The summed E-state index contributed by atoms with van der Waals surface area (Å²) >= 11 is 1.64. The number of rotatable bonds is 7. The van der Waals surface area contributed by atoms with Crippen LogP contribution in [-0.4, -0.2) is 24.2 Å². The van der Waals surface area contributed by atoms with Crippen LogP contribution in [0, 0.1) is 13.8 Å². The number of benzene rings is 1. The molecular weight excluding hydrogens is 451 g/mol. The number of aryl methyl sites for hydroxylation is 2. The molecule has 0 saturated carbocycles. The average Bonchev–Trinajstić information content (AvgIpc) is 2.87. The van der Waals surface area contributed by atoms with E-state index in [0.29, 0.717) is 31.5 Å². The van der Waals surface area contributed by atoms with Crippen molar-refractivity contribution in [3.63, 3.8) is 0 Å². The van der Waals surface area contributed by atoms with Crippen molar-refractivity contribution in [1.29, 1.82) is 0 Å². The monoisotopic (exact) mass is 476 g/mol. The molecule has 25 heavy (non-hydrogen) atoms. The van der Waals surface area contributed by atoms with Gasteiger partial charge in [-0.25, -0.2) is 9.98 Å². The van der Waals surface area contributed by atoms with E-state index in [1.54, 1.807) is 11.3 Å². The van der Waals surface area contributed by atoms with E-state index in [1.165, 1.54) is 4.88 Å². The smallest absolute Gasteiger partial charge is 0.193 e. The Balaban J connectivity index is 0.00000312. The van der Waals surface area contributed by atoms with Crippen LogP contribution in [0.1, 0.15) is 29.4 Å². The number of nitrogens with one attached hydrogen (secondary N) is 1. The quantitative estimate of drug-likeness (QED) is 0.357. The fourth-order valence-corrected chi connectivity index (χ4v) is 2.94. The topological polar surface area (TPSA) is 81.8 Å². The Labute approximate surface area is 169 Å². The lowest BCUT2D eigenvalue weighted by molar-refractivity contribution is 0.332. The third-order valence-electron chi connectivity index (χ3n) is 3.28. The van der Waals surface area contributed by atoms with Crippen LogP contribution in [0.15, 0.2) is 23.2 Å². The summed E-state index contributed by atoms with van der Waals surface area (Å²) in [4.78, 5) is 10.0. The molecule has 6 nitrogen and oxygen atoms in total. The zero-order valence-corrected chi connectivity index (χ0v) is 18.1. The van der Waals surface area contributed by atoms with Crippen LogP contribution in [0.3, 0.4) is 0 Å². The normalized spacial score (nSPS) is 11.0. The molecule has 1 aromatic carbocycles. The molecule has 0 saturated heterocycles. The number of thiazole rings is 1. The van der Waals surface area contributed by atoms with Crippen molar-refractivity contribution in [2.24, 2.45) is 10.7 Å². The molecule has 0 spiro atoms. The Morgan fingerprint density at radius 1 is 1.24 bits per heavy atom. The lowest BCUT2D eigenvalue weighted by Crippen LogP contribution is -2.23. The number of hydrogen-bond donors (Lipinski definition) is 2. The fraction of sp³-hybridized carbons (Fsp3) is 0.412. The van der Waals surface area contributed by atoms with Crippen molar-refractivity contribution >= 4 is 47.0 Å². The van der Waals surface area contributed by atoms with E-state index in [1.807, 2.05) is 39.0 Å². The number of halogens is 1. The number of nitrogens with zero attached hydrogens (tertiary/aromatic N) is 2. The van der Waals surface area contributed by atoms with Crippen LogP contribution in [-0.2, 0) is 6.54 Å². The summed E-state index contributed by atoms with van der Waals surface area (Å²) in [6, 6.07) is 5.58. The van der Waals surface area contributed by atoms with E-state index in [2.05, 4.69) is 22.2 Å². The molecule has 0 bridgehead atoms. The molecule has 138 valence electrons. The highest BCUT2D eigenvalue weighted by Gasteiger charge is 2.08. The first-order valence-corrected chi connectivity index (χ1v) is 8.74. The highest BCUT2D eigenvalue weighted by atomic mass is 127. The zero-order chi connectivity index (χ0) is 17.5. The van der Waals surface area contributed by atoms with Gasteiger partial charge in [-0.3, -0.25) is 0 Å². The molecule has 0 atom stereocenters. The number of aromatic nitrogens is 1. The maximum absolute atomic E-state index is 6.01. The second-order valence-corrected chi connectivity index (χ2v) is 6.39. The van der Waals surface area contributed by atoms with E-state index in [4.69, 9.17) is 15.2 Å². The van der Waals surface area contributed by atoms with Crippen molar-refractivity contribution in [3.8, 4) is 11.5 Å². The molecule has 0 aliphatic carbocycles. The maximum Gasteiger partial charge on any atom is 0.193 e. The molecule has 0 fully saturated rings. The van der Waals surface area contributed by atoms with E-state index >= 15 is 0 Å². The van der Waals surface area contributed by atoms with Gasteiger partial charge in [0.1, 0.15) is 16.5 Å². The van der Waals surface area contributed by atoms with Gasteiger partial charge in [-0.2, -0.15) is 0 Å². The first-order chi connectivity index (χ1) is 11.5. The largest absolute Gasteiger partial charge is 0.494 e. The minimum atomic E-state index is 0. The van der Waals surface area contributed by atoms with E-state index in [0.717, 1.165) is 22.1 Å². The van der Waals surface area contributed by atoms with Crippen molar-refractivity contribution in [2.75, 3.05) is 18.5 Å². The Hall–Kier alpha value is -1.55. The van der Waals surface area contributed by atoms with Gasteiger partial charge < -0.3 is 20.5 Å². The van der Waals surface area contributed by atoms with Crippen LogP contribution < -0.4 is 20.5 Å². The van der Waals surface area contributed by atoms with Gasteiger partial charge >= 0.3 is 0 Å². The number of nitrogens with two attached hydrogens (primary N) is 1. The second kappa shape index (κ2) is 10.4. The number of aliphatic imine (C=N–C) groups is 1. The lowest BCUT2D eigenvalue weighted by atomic mass is 10.2. The molecule has 0 radical (unpaired) electrons. The summed E-state index contributed by atoms with van der Waals surface area (Å²) in [5, 5.41) is 4.03. The minimum absolute atomic E-state index is 0. The van der Waals surface area contributed by atoms with Crippen LogP contribution in [0.25, 0.3) is 0 Å². The first-order valence-electron chi connectivity index (χ1n) is 7.93. The number of anilines is 1. The van der Waals surface area contributed by atoms with E-state index < -0.39 is 0 Å². The summed E-state index contributed by atoms with van der Waals surface area (Å²) in [7, 11) is 0. The van der Waals surface area contributed by atoms with Gasteiger partial charge in [0.15, 0.2) is 5.96 Å². The Morgan fingerprint density at radius 2 is 1.96 bits per heavy atom. The van der Waals surface area contributed by atoms with Gasteiger partial charge in [-0.05, 0) is 39.8 Å². The van der Waals surface area contributed by atoms with Gasteiger partial charge in [0.25, 0.3) is 0 Å². The maximum atomic E-state index is 6.01. The predicted octanol–water partition coefficient (Wildman–Crippen LogP) is 4.10. The van der Waals surface area contributed by atoms with Gasteiger partial charge in [0.2, 0.25) is 0 Å². The number of guanidine groups is 1. The molecule has 3 N–H and O–H groups in total. The third kappa shape index (κ3) is 6.35. The third-order valence-corrected chi connectivity index (χ3v) is 4.34. The summed E-state index contributed by atoms with van der Waals surface area (Å²) < 4.78 is 11.1. The first kappa shape index (κ1) is 21.5. The van der Waals surface area contributed by atoms with Crippen molar-refractivity contribution in [3.05, 3.63) is 33.8 Å². The Bertz CT molecular complexity index is 699. The molecule has 2 rings (SSSR count). The zero-order valence-electron chi connectivity index (χ0n) is 15.0. The molecule has 1 aromatic heterocycles. The lowest BCUT2D eigenvalue weighted by Gasteiger charge is -2.13. The second-order valence-electron chi connectivity index (χ2n) is 5.10. The van der Waals surface area contributed by atoms with Gasteiger partial charge in [0.05, 0.1) is 31.1 Å². The van der Waals surface area contributed by atoms with E-state index in [9.17, 15) is 0 Å². The molecule has 8 heteroatoms. The van der Waals surface area contributed by atoms with Gasteiger partial charge in [-0.1, -0.05) is 0 Å². The molecule has 0 aliphatic heterocycles. The molecule has 0 amide bonds. The predicted molar refractivity (Wildman–Crippen MR) is 115 cm³/mol. The molecule has 2 aromatic rings. The van der Waals surface area contributed by atoms with E-state index in [-0.39, 0.29) is 24.0 Å². The minimum Gasteiger partial charge on any atom is -0.494 e. The van der Waals surface area contributed by atoms with Crippen LogP contribution >= 0.6 is 35.3 Å². The Morgan fingerprint density at radius 3 is 2.56 bits per heavy atom. The van der Waals surface area contributed by atoms with Crippen LogP contribution in [0.2, 0.25) is 0 Å². The SMILES string of the molecule is CCOc1ccc(OCC)c(NC(N)=NCc2nc(C)c(C)s2)c1.I. The van der Waals surface area contributed by atoms with Gasteiger partial charge in [0, 0.05) is 10.9 Å². The number of hydrogen-bond acceptors (Lipinski definition) is 5.